The molecule has 0 aliphatic heterocycles. The molecule has 0 spiro atoms. The average molecular weight is 465 g/mol. The molecule has 1 N–H and O–H groups in total. The van der Waals surface area contributed by atoms with Gasteiger partial charge in [-0.05, 0) is 75.1 Å². The minimum atomic E-state index is -0.228. The molecule has 34 heavy (non-hydrogen) atoms. The van der Waals surface area contributed by atoms with E-state index in [1.165, 1.54) is 24.5 Å². The number of rotatable bonds is 10. The highest BCUT2D eigenvalue weighted by molar-refractivity contribution is 5.88. The first-order valence-electron chi connectivity index (χ1n) is 11.2. The highest BCUT2D eigenvalue weighted by atomic mass is 16.5. The molecule has 0 fully saturated rings. The maximum Gasteiger partial charge on any atom is 0.204 e. The summed E-state index contributed by atoms with van der Waals surface area (Å²) in [6.45, 7) is 6.50. The Morgan fingerprint density at radius 1 is 1.00 bits per heavy atom. The van der Waals surface area contributed by atoms with Crippen LogP contribution in [0, 0.1) is 0 Å². The predicted octanol–water partition coefficient (Wildman–Crippen LogP) is 6.04. The SMILES string of the molecule is COc1ccc(-c2coc3cc(CO)cc(OC)c3c2=O)cc1OC/C=C(\C)CCC=C(C)C. The Morgan fingerprint density at radius 2 is 1.76 bits per heavy atom. The van der Waals surface area contributed by atoms with Crippen molar-refractivity contribution in [2.75, 3.05) is 20.8 Å². The third-order valence-electron chi connectivity index (χ3n) is 5.54. The number of aliphatic hydroxyl groups excluding tert-OH is 1. The molecule has 0 amide bonds. The molecule has 0 saturated heterocycles. The van der Waals surface area contributed by atoms with E-state index in [1.807, 2.05) is 0 Å². The average Bonchev–Trinajstić information content (AvgIpc) is 2.83. The van der Waals surface area contributed by atoms with Crippen molar-refractivity contribution in [2.45, 2.75) is 40.2 Å². The zero-order chi connectivity index (χ0) is 24.7. The van der Waals surface area contributed by atoms with Crippen molar-refractivity contribution in [3.8, 4) is 28.4 Å². The minimum absolute atomic E-state index is 0.181. The molecule has 1 heterocycles. The standard InChI is InChI=1S/C28H32O6/c1-18(2)7-6-8-19(3)11-12-33-24-15-21(9-10-23(24)31-4)22-17-34-26-14-20(16-29)13-25(32-5)27(26)28(22)30/h7,9-11,13-15,17,29H,6,8,12,16H2,1-5H3/b19-11+. The van der Waals surface area contributed by atoms with Gasteiger partial charge in [0.05, 0.1) is 26.4 Å². The van der Waals surface area contributed by atoms with E-state index in [4.69, 9.17) is 18.6 Å². The second-order valence-electron chi connectivity index (χ2n) is 8.36. The summed E-state index contributed by atoms with van der Waals surface area (Å²) < 4.78 is 22.6. The third-order valence-corrected chi connectivity index (χ3v) is 5.54. The van der Waals surface area contributed by atoms with E-state index < -0.39 is 0 Å². The van der Waals surface area contributed by atoms with Crippen molar-refractivity contribution in [3.63, 3.8) is 0 Å². The van der Waals surface area contributed by atoms with Gasteiger partial charge in [-0.3, -0.25) is 4.79 Å². The molecule has 3 rings (SSSR count). The van der Waals surface area contributed by atoms with Crippen molar-refractivity contribution in [1.82, 2.24) is 0 Å². The van der Waals surface area contributed by atoms with Gasteiger partial charge in [0.2, 0.25) is 5.43 Å². The van der Waals surface area contributed by atoms with E-state index >= 15 is 0 Å². The summed E-state index contributed by atoms with van der Waals surface area (Å²) in [5.41, 5.74) is 4.31. The van der Waals surface area contributed by atoms with E-state index in [0.717, 1.165) is 12.8 Å². The van der Waals surface area contributed by atoms with Crippen LogP contribution in [0.4, 0.5) is 0 Å². The first kappa shape index (κ1) is 25.1. The van der Waals surface area contributed by atoms with Crippen molar-refractivity contribution < 1.29 is 23.7 Å². The van der Waals surface area contributed by atoms with E-state index in [1.54, 1.807) is 37.4 Å². The normalized spacial score (nSPS) is 11.4. The van der Waals surface area contributed by atoms with Crippen LogP contribution in [0.5, 0.6) is 17.2 Å². The van der Waals surface area contributed by atoms with Crippen LogP contribution < -0.4 is 19.6 Å². The van der Waals surface area contributed by atoms with Crippen LogP contribution in [-0.2, 0) is 6.61 Å². The highest BCUT2D eigenvalue weighted by Crippen LogP contribution is 2.33. The summed E-state index contributed by atoms with van der Waals surface area (Å²) in [5.74, 6) is 1.47. The molecule has 0 atom stereocenters. The fraction of sp³-hybridized carbons (Fsp3) is 0.321. The molecular weight excluding hydrogens is 432 g/mol. The van der Waals surface area contributed by atoms with Crippen LogP contribution in [0.2, 0.25) is 0 Å². The van der Waals surface area contributed by atoms with Crippen molar-refractivity contribution >= 4 is 11.0 Å². The van der Waals surface area contributed by atoms with Gasteiger partial charge in [0.25, 0.3) is 0 Å². The highest BCUT2D eigenvalue weighted by Gasteiger charge is 2.16. The quantitative estimate of drug-likeness (QED) is 0.369. The number of methoxy groups -OCH3 is 2. The van der Waals surface area contributed by atoms with E-state index in [9.17, 15) is 9.90 Å². The van der Waals surface area contributed by atoms with Crippen LogP contribution in [0.1, 0.15) is 39.2 Å². The zero-order valence-corrected chi connectivity index (χ0v) is 20.4. The molecule has 0 aliphatic carbocycles. The van der Waals surface area contributed by atoms with Gasteiger partial charge in [-0.15, -0.1) is 0 Å². The molecule has 1 aromatic heterocycles. The van der Waals surface area contributed by atoms with E-state index in [0.29, 0.717) is 51.5 Å². The molecule has 6 nitrogen and oxygen atoms in total. The number of aliphatic hydroxyl groups is 1. The number of fused-ring (bicyclic) bond motifs is 1. The van der Waals surface area contributed by atoms with Gasteiger partial charge in [-0.25, -0.2) is 0 Å². The van der Waals surface area contributed by atoms with Crippen LogP contribution in [0.25, 0.3) is 22.1 Å². The van der Waals surface area contributed by atoms with E-state index in [2.05, 4.69) is 32.9 Å². The topological polar surface area (TPSA) is 78.1 Å². The van der Waals surface area contributed by atoms with Crippen molar-refractivity contribution in [2.24, 2.45) is 0 Å². The first-order valence-corrected chi connectivity index (χ1v) is 11.2. The van der Waals surface area contributed by atoms with Crippen LogP contribution in [-0.4, -0.2) is 25.9 Å². The molecule has 3 aromatic rings. The lowest BCUT2D eigenvalue weighted by atomic mass is 10.0. The summed E-state index contributed by atoms with van der Waals surface area (Å²) in [6.07, 6.45) is 7.68. The molecular formula is C28H32O6. The minimum Gasteiger partial charge on any atom is -0.496 e. The number of allylic oxidation sites excluding steroid dienone is 3. The Hall–Kier alpha value is -3.51. The second kappa shape index (κ2) is 11.6. The maximum atomic E-state index is 13.3. The summed E-state index contributed by atoms with van der Waals surface area (Å²) >= 11 is 0. The Morgan fingerprint density at radius 3 is 2.44 bits per heavy atom. The molecule has 0 bridgehead atoms. The van der Waals surface area contributed by atoms with Crippen molar-refractivity contribution in [3.05, 3.63) is 75.7 Å². The summed E-state index contributed by atoms with van der Waals surface area (Å²) in [7, 11) is 3.06. The van der Waals surface area contributed by atoms with Crippen molar-refractivity contribution in [1.29, 1.82) is 0 Å². The number of benzene rings is 2. The second-order valence-corrected chi connectivity index (χ2v) is 8.36. The Bertz CT molecular complexity index is 1260. The molecule has 0 saturated carbocycles. The molecule has 2 aromatic carbocycles. The molecule has 6 heteroatoms. The molecule has 180 valence electrons. The lowest BCUT2D eigenvalue weighted by Gasteiger charge is -2.12. The van der Waals surface area contributed by atoms with Gasteiger partial charge in [0, 0.05) is 0 Å². The first-order chi connectivity index (χ1) is 16.4. The van der Waals surface area contributed by atoms with Gasteiger partial charge in [-0.2, -0.15) is 0 Å². The van der Waals surface area contributed by atoms with Gasteiger partial charge in [0.1, 0.15) is 29.6 Å². The maximum absolute atomic E-state index is 13.3. The fourth-order valence-corrected chi connectivity index (χ4v) is 3.64. The Labute approximate surface area is 200 Å². The Balaban J connectivity index is 1.91. The number of hydrogen-bond donors (Lipinski definition) is 1. The molecule has 0 radical (unpaired) electrons. The summed E-state index contributed by atoms with van der Waals surface area (Å²) in [4.78, 5) is 13.3. The molecule has 0 aliphatic rings. The third kappa shape index (κ3) is 5.88. The van der Waals surface area contributed by atoms with Gasteiger partial charge >= 0.3 is 0 Å². The summed E-state index contributed by atoms with van der Waals surface area (Å²) in [6, 6.07) is 8.61. The van der Waals surface area contributed by atoms with Crippen LogP contribution in [0.3, 0.4) is 0 Å². The van der Waals surface area contributed by atoms with Gasteiger partial charge in [-0.1, -0.05) is 23.3 Å². The monoisotopic (exact) mass is 464 g/mol. The number of hydrogen-bond acceptors (Lipinski definition) is 6. The predicted molar refractivity (Wildman–Crippen MR) is 135 cm³/mol. The largest absolute Gasteiger partial charge is 0.496 e. The van der Waals surface area contributed by atoms with Crippen LogP contribution in [0.15, 0.2) is 69.1 Å². The smallest absolute Gasteiger partial charge is 0.204 e. The van der Waals surface area contributed by atoms with Gasteiger partial charge < -0.3 is 23.7 Å². The summed E-state index contributed by atoms with van der Waals surface area (Å²) in [5, 5.41) is 9.79. The van der Waals surface area contributed by atoms with Gasteiger partial charge in [0.15, 0.2) is 11.5 Å². The van der Waals surface area contributed by atoms with Crippen LogP contribution >= 0.6 is 0 Å². The van der Waals surface area contributed by atoms with E-state index in [-0.39, 0.29) is 12.0 Å². The molecule has 0 unspecified atom stereocenters. The lowest BCUT2D eigenvalue weighted by Crippen LogP contribution is -2.07. The zero-order valence-electron chi connectivity index (χ0n) is 20.4. The fourth-order valence-electron chi connectivity index (χ4n) is 3.64. The Kier molecular flexibility index (Phi) is 8.55. The number of ether oxygens (including phenoxy) is 3. The lowest BCUT2D eigenvalue weighted by molar-refractivity contribution is 0.281.